The van der Waals surface area contributed by atoms with Gasteiger partial charge in [0.2, 0.25) is 0 Å². The summed E-state index contributed by atoms with van der Waals surface area (Å²) >= 11 is 0. The fourth-order valence-electron chi connectivity index (χ4n) is 2.36. The second-order valence-corrected chi connectivity index (χ2v) is 5.90. The molecule has 0 aliphatic heterocycles. The standard InChI is InChI=1S/C19H37N/c1-3-4-5-6-7-10-13-16-19(2)17-14-11-8-9-12-15-18-20/h8-9,17H,3-7,10-16,18,20H2,1-2H3. The van der Waals surface area contributed by atoms with Gasteiger partial charge < -0.3 is 5.73 Å². The quantitative estimate of drug-likeness (QED) is 0.299. The number of hydrogen-bond donors (Lipinski definition) is 1. The van der Waals surface area contributed by atoms with Gasteiger partial charge in [-0.15, -0.1) is 0 Å². The highest BCUT2D eigenvalue weighted by atomic mass is 14.5. The van der Waals surface area contributed by atoms with Crippen molar-refractivity contribution >= 4 is 0 Å². The molecule has 0 aliphatic rings. The molecule has 0 atom stereocenters. The molecule has 1 nitrogen and oxygen atoms in total. The monoisotopic (exact) mass is 279 g/mol. The van der Waals surface area contributed by atoms with Crippen molar-refractivity contribution in [3.63, 3.8) is 0 Å². The lowest BCUT2D eigenvalue weighted by Crippen LogP contribution is -1.96. The van der Waals surface area contributed by atoms with Crippen LogP contribution >= 0.6 is 0 Å². The summed E-state index contributed by atoms with van der Waals surface area (Å²) in [5, 5.41) is 0. The van der Waals surface area contributed by atoms with Crippen LogP contribution in [-0.4, -0.2) is 6.54 Å². The van der Waals surface area contributed by atoms with Gasteiger partial charge in [-0.1, -0.05) is 69.2 Å². The Morgan fingerprint density at radius 1 is 0.800 bits per heavy atom. The molecule has 0 aromatic carbocycles. The lowest BCUT2D eigenvalue weighted by atomic mass is 10.0. The van der Waals surface area contributed by atoms with Crippen molar-refractivity contribution < 1.29 is 0 Å². The van der Waals surface area contributed by atoms with E-state index in [1.807, 2.05) is 0 Å². The minimum absolute atomic E-state index is 0.807. The third-order valence-corrected chi connectivity index (χ3v) is 3.74. The van der Waals surface area contributed by atoms with Gasteiger partial charge in [0.1, 0.15) is 0 Å². The normalized spacial score (nSPS) is 12.4. The first-order chi connectivity index (χ1) is 9.81. The van der Waals surface area contributed by atoms with Gasteiger partial charge in [0.05, 0.1) is 0 Å². The number of hydrogen-bond acceptors (Lipinski definition) is 1. The zero-order valence-electron chi connectivity index (χ0n) is 14.0. The molecular formula is C19H37N. The van der Waals surface area contributed by atoms with Gasteiger partial charge in [0, 0.05) is 0 Å². The molecule has 0 aromatic rings. The first-order valence-corrected chi connectivity index (χ1v) is 8.82. The summed E-state index contributed by atoms with van der Waals surface area (Å²) in [7, 11) is 0. The topological polar surface area (TPSA) is 26.0 Å². The average Bonchev–Trinajstić information content (AvgIpc) is 2.45. The Kier molecular flexibility index (Phi) is 16.0. The van der Waals surface area contributed by atoms with Crippen LogP contribution in [0.4, 0.5) is 0 Å². The molecule has 0 rings (SSSR count). The number of nitrogens with two attached hydrogens (primary N) is 1. The zero-order chi connectivity index (χ0) is 14.9. The third-order valence-electron chi connectivity index (χ3n) is 3.74. The molecule has 0 bridgehead atoms. The van der Waals surface area contributed by atoms with E-state index in [0.717, 1.165) is 19.4 Å². The predicted octanol–water partition coefficient (Wildman–Crippen LogP) is 6.15. The van der Waals surface area contributed by atoms with Crippen LogP contribution in [0.1, 0.15) is 90.9 Å². The Labute approximate surface area is 127 Å². The van der Waals surface area contributed by atoms with Crippen LogP contribution in [0.2, 0.25) is 0 Å². The number of rotatable bonds is 14. The molecule has 0 unspecified atom stereocenters. The van der Waals surface area contributed by atoms with E-state index in [-0.39, 0.29) is 0 Å². The molecule has 0 spiro atoms. The van der Waals surface area contributed by atoms with Gasteiger partial charge in [-0.25, -0.2) is 0 Å². The maximum Gasteiger partial charge on any atom is -0.00743 e. The van der Waals surface area contributed by atoms with Gasteiger partial charge in [-0.2, -0.15) is 0 Å². The molecule has 0 aromatic heterocycles. The van der Waals surface area contributed by atoms with E-state index < -0.39 is 0 Å². The average molecular weight is 280 g/mol. The summed E-state index contributed by atoms with van der Waals surface area (Å²) < 4.78 is 0. The van der Waals surface area contributed by atoms with Crippen LogP contribution in [0.25, 0.3) is 0 Å². The molecule has 0 saturated carbocycles. The molecule has 20 heavy (non-hydrogen) atoms. The van der Waals surface area contributed by atoms with Crippen molar-refractivity contribution in [3.8, 4) is 0 Å². The van der Waals surface area contributed by atoms with Crippen LogP contribution in [0, 0.1) is 0 Å². The van der Waals surface area contributed by atoms with Crippen molar-refractivity contribution in [3.05, 3.63) is 23.8 Å². The van der Waals surface area contributed by atoms with Gasteiger partial charge in [0.15, 0.2) is 0 Å². The highest BCUT2D eigenvalue weighted by molar-refractivity contribution is 4.99. The second-order valence-electron chi connectivity index (χ2n) is 5.90. The van der Waals surface area contributed by atoms with Crippen molar-refractivity contribution in [2.45, 2.75) is 90.9 Å². The Bertz CT molecular complexity index is 240. The Morgan fingerprint density at radius 2 is 1.45 bits per heavy atom. The van der Waals surface area contributed by atoms with E-state index in [4.69, 9.17) is 5.73 Å². The van der Waals surface area contributed by atoms with Gasteiger partial charge in [-0.05, 0) is 52.0 Å². The highest BCUT2D eigenvalue weighted by Crippen LogP contribution is 2.13. The summed E-state index contributed by atoms with van der Waals surface area (Å²) in [6.07, 6.45) is 22.8. The highest BCUT2D eigenvalue weighted by Gasteiger charge is 1.93. The number of allylic oxidation sites excluding steroid dienone is 4. The molecule has 2 N–H and O–H groups in total. The molecular weight excluding hydrogens is 242 g/mol. The first kappa shape index (κ1) is 19.4. The smallest absolute Gasteiger partial charge is 0.00743 e. The minimum Gasteiger partial charge on any atom is -0.330 e. The lowest BCUT2D eigenvalue weighted by molar-refractivity contribution is 0.588. The van der Waals surface area contributed by atoms with E-state index in [2.05, 4.69) is 32.1 Å². The summed E-state index contributed by atoms with van der Waals surface area (Å²) in [6.45, 7) is 5.37. The van der Waals surface area contributed by atoms with Gasteiger partial charge >= 0.3 is 0 Å². The fraction of sp³-hybridized carbons (Fsp3) is 0.789. The SMILES string of the molecule is CCCCCCCCCC(C)=CCCC=CCCCN. The van der Waals surface area contributed by atoms with Crippen molar-refractivity contribution in [1.82, 2.24) is 0 Å². The zero-order valence-corrected chi connectivity index (χ0v) is 14.0. The molecule has 1 heteroatoms. The van der Waals surface area contributed by atoms with E-state index in [1.165, 1.54) is 64.2 Å². The summed E-state index contributed by atoms with van der Waals surface area (Å²) in [4.78, 5) is 0. The molecule has 0 amide bonds. The fourth-order valence-corrected chi connectivity index (χ4v) is 2.36. The van der Waals surface area contributed by atoms with Crippen LogP contribution in [0.5, 0.6) is 0 Å². The third kappa shape index (κ3) is 15.5. The lowest BCUT2D eigenvalue weighted by Gasteiger charge is -2.02. The first-order valence-electron chi connectivity index (χ1n) is 8.82. The second kappa shape index (κ2) is 16.5. The van der Waals surface area contributed by atoms with E-state index >= 15 is 0 Å². The van der Waals surface area contributed by atoms with Crippen molar-refractivity contribution in [1.29, 1.82) is 0 Å². The number of unbranched alkanes of at least 4 members (excludes halogenated alkanes) is 8. The van der Waals surface area contributed by atoms with E-state index in [1.54, 1.807) is 5.57 Å². The summed E-state index contributed by atoms with van der Waals surface area (Å²) in [5.41, 5.74) is 7.04. The Balaban J connectivity index is 3.35. The molecule has 0 aliphatic carbocycles. The summed E-state index contributed by atoms with van der Waals surface area (Å²) in [6, 6.07) is 0. The largest absolute Gasteiger partial charge is 0.330 e. The Morgan fingerprint density at radius 3 is 2.15 bits per heavy atom. The van der Waals surface area contributed by atoms with Crippen LogP contribution in [-0.2, 0) is 0 Å². The molecule has 0 heterocycles. The maximum atomic E-state index is 5.46. The summed E-state index contributed by atoms with van der Waals surface area (Å²) in [5.74, 6) is 0. The molecule has 0 fully saturated rings. The molecule has 118 valence electrons. The van der Waals surface area contributed by atoms with E-state index in [0.29, 0.717) is 0 Å². The van der Waals surface area contributed by atoms with Gasteiger partial charge in [-0.3, -0.25) is 0 Å². The van der Waals surface area contributed by atoms with Crippen LogP contribution in [0.3, 0.4) is 0 Å². The minimum atomic E-state index is 0.807. The molecule has 0 saturated heterocycles. The van der Waals surface area contributed by atoms with Crippen molar-refractivity contribution in [2.75, 3.05) is 6.54 Å². The predicted molar refractivity (Wildman–Crippen MR) is 93.0 cm³/mol. The maximum absolute atomic E-state index is 5.46. The van der Waals surface area contributed by atoms with Crippen LogP contribution < -0.4 is 5.73 Å². The van der Waals surface area contributed by atoms with Crippen LogP contribution in [0.15, 0.2) is 23.8 Å². The van der Waals surface area contributed by atoms with E-state index in [9.17, 15) is 0 Å². The molecule has 0 radical (unpaired) electrons. The van der Waals surface area contributed by atoms with Crippen molar-refractivity contribution in [2.24, 2.45) is 5.73 Å². The Hall–Kier alpha value is -0.560. The van der Waals surface area contributed by atoms with Gasteiger partial charge in [0.25, 0.3) is 0 Å².